The van der Waals surface area contributed by atoms with E-state index in [0.29, 0.717) is 6.04 Å². The van der Waals surface area contributed by atoms with Crippen LogP contribution in [-0.4, -0.2) is 16.0 Å². The van der Waals surface area contributed by atoms with E-state index in [-0.39, 0.29) is 0 Å². The molecule has 0 saturated carbocycles. The normalized spacial score (nSPS) is 19.7. The topological polar surface area (TPSA) is 45.1 Å². The van der Waals surface area contributed by atoms with E-state index in [9.17, 15) is 5.26 Å². The first-order valence-electron chi connectivity index (χ1n) is 8.18. The highest BCUT2D eigenvalue weighted by Gasteiger charge is 2.25. The van der Waals surface area contributed by atoms with Gasteiger partial charge in [0.1, 0.15) is 17.5 Å². The third kappa shape index (κ3) is 3.10. The fourth-order valence-electron chi connectivity index (χ4n) is 3.40. The van der Waals surface area contributed by atoms with Gasteiger partial charge in [0.2, 0.25) is 0 Å². The van der Waals surface area contributed by atoms with E-state index in [1.165, 1.54) is 24.8 Å². The van der Waals surface area contributed by atoms with E-state index in [2.05, 4.69) is 30.2 Å². The van der Waals surface area contributed by atoms with E-state index in [0.717, 1.165) is 37.5 Å². The van der Waals surface area contributed by atoms with Crippen molar-refractivity contribution in [2.24, 2.45) is 0 Å². The summed E-state index contributed by atoms with van der Waals surface area (Å²) < 4.78 is 7.69. The molecule has 22 heavy (non-hydrogen) atoms. The predicted molar refractivity (Wildman–Crippen MR) is 85.1 cm³/mol. The molecule has 0 radical (unpaired) electrons. The van der Waals surface area contributed by atoms with Gasteiger partial charge in [-0.25, -0.2) is 0 Å². The summed E-state index contributed by atoms with van der Waals surface area (Å²) in [5.74, 6) is 1.07. The van der Waals surface area contributed by atoms with Crippen molar-refractivity contribution in [2.45, 2.75) is 51.7 Å². The molecular formula is C18H23N3O. The lowest BCUT2D eigenvalue weighted by Crippen LogP contribution is -2.27. The van der Waals surface area contributed by atoms with Gasteiger partial charge >= 0.3 is 0 Å². The Morgan fingerprint density at radius 3 is 2.95 bits per heavy atom. The number of hydrogen-bond acceptors (Lipinski definition) is 3. The molecule has 1 fully saturated rings. The lowest BCUT2D eigenvalue weighted by molar-refractivity contribution is 0.169. The number of nitrogens with zero attached hydrogens (tertiary/aromatic N) is 3. The van der Waals surface area contributed by atoms with Gasteiger partial charge < -0.3 is 8.98 Å². The number of hydrogen-bond donors (Lipinski definition) is 0. The van der Waals surface area contributed by atoms with Crippen LogP contribution in [-0.2, 0) is 13.1 Å². The molecule has 1 atom stereocenters. The number of nitriles is 1. The number of likely N-dealkylation sites (tertiary alicyclic amines) is 1. The van der Waals surface area contributed by atoms with Crippen LogP contribution in [0.15, 0.2) is 35.1 Å². The van der Waals surface area contributed by atoms with Crippen LogP contribution in [0.4, 0.5) is 0 Å². The first kappa shape index (κ1) is 14.9. The summed E-state index contributed by atoms with van der Waals surface area (Å²) in [4.78, 5) is 2.50. The monoisotopic (exact) mass is 297 g/mol. The third-order valence-corrected chi connectivity index (χ3v) is 4.53. The van der Waals surface area contributed by atoms with Crippen molar-refractivity contribution in [2.75, 3.05) is 6.54 Å². The van der Waals surface area contributed by atoms with Crippen LogP contribution in [0.25, 0.3) is 0 Å². The number of furan rings is 1. The molecule has 0 amide bonds. The summed E-state index contributed by atoms with van der Waals surface area (Å²) >= 11 is 0. The van der Waals surface area contributed by atoms with Crippen LogP contribution >= 0.6 is 0 Å². The zero-order valence-corrected chi connectivity index (χ0v) is 13.2. The molecule has 0 aliphatic carbocycles. The van der Waals surface area contributed by atoms with Crippen LogP contribution < -0.4 is 0 Å². The van der Waals surface area contributed by atoms with E-state index in [4.69, 9.17) is 4.42 Å². The Morgan fingerprint density at radius 2 is 2.27 bits per heavy atom. The first-order valence-corrected chi connectivity index (χ1v) is 8.18. The van der Waals surface area contributed by atoms with E-state index in [1.807, 2.05) is 16.7 Å². The van der Waals surface area contributed by atoms with E-state index in [1.54, 1.807) is 6.26 Å². The van der Waals surface area contributed by atoms with Gasteiger partial charge in [-0.05, 0) is 50.1 Å². The Kier molecular flexibility index (Phi) is 4.65. The maximum Gasteiger partial charge on any atom is 0.120 e. The molecule has 3 heterocycles. The van der Waals surface area contributed by atoms with Gasteiger partial charge in [-0.2, -0.15) is 5.26 Å². The molecule has 116 valence electrons. The molecular weight excluding hydrogens is 274 g/mol. The smallest absolute Gasteiger partial charge is 0.120 e. The zero-order valence-electron chi connectivity index (χ0n) is 13.2. The average molecular weight is 297 g/mol. The molecule has 0 spiro atoms. The van der Waals surface area contributed by atoms with Gasteiger partial charge in [0.05, 0.1) is 12.3 Å². The van der Waals surface area contributed by atoms with Crippen LogP contribution in [0.5, 0.6) is 0 Å². The molecule has 1 aliphatic rings. The highest BCUT2D eigenvalue weighted by Crippen LogP contribution is 2.31. The molecule has 0 unspecified atom stereocenters. The zero-order chi connectivity index (χ0) is 15.4. The van der Waals surface area contributed by atoms with E-state index >= 15 is 0 Å². The lowest BCUT2D eigenvalue weighted by atomic mass is 10.1. The highest BCUT2D eigenvalue weighted by molar-refractivity contribution is 5.28. The predicted octanol–water partition coefficient (Wildman–Crippen LogP) is 4.09. The quantitative estimate of drug-likeness (QED) is 0.853. The van der Waals surface area contributed by atoms with Crippen molar-refractivity contribution in [3.8, 4) is 6.07 Å². The standard InChI is InChI=1S/C18H23N3O/c1-2-20-13-15(11-16(20)12-19)14-21-9-5-3-4-7-17(21)18-8-6-10-22-18/h6,8,10-11,13,17H,2-5,7,9,14H2,1H3/t17-/m0/s1. The Labute approximate surface area is 131 Å². The Balaban J connectivity index is 1.81. The van der Waals surface area contributed by atoms with E-state index < -0.39 is 0 Å². The second-order valence-corrected chi connectivity index (χ2v) is 5.98. The summed E-state index contributed by atoms with van der Waals surface area (Å²) in [6.45, 7) is 4.88. The van der Waals surface area contributed by atoms with Crippen LogP contribution in [0, 0.1) is 11.3 Å². The second-order valence-electron chi connectivity index (χ2n) is 5.98. The second kappa shape index (κ2) is 6.85. The molecule has 1 saturated heterocycles. The number of rotatable bonds is 4. The average Bonchev–Trinajstić information content (AvgIpc) is 3.14. The maximum absolute atomic E-state index is 9.22. The molecule has 0 aromatic carbocycles. The minimum absolute atomic E-state index is 0.355. The number of aryl methyl sites for hydroxylation is 1. The van der Waals surface area contributed by atoms with Crippen molar-refractivity contribution in [3.63, 3.8) is 0 Å². The summed E-state index contributed by atoms with van der Waals surface area (Å²) in [5.41, 5.74) is 1.97. The fourth-order valence-corrected chi connectivity index (χ4v) is 3.40. The summed E-state index contributed by atoms with van der Waals surface area (Å²) in [7, 11) is 0. The van der Waals surface area contributed by atoms with Crippen molar-refractivity contribution in [1.82, 2.24) is 9.47 Å². The molecule has 0 bridgehead atoms. The summed E-state index contributed by atoms with van der Waals surface area (Å²) in [5, 5.41) is 9.22. The lowest BCUT2D eigenvalue weighted by Gasteiger charge is -2.28. The van der Waals surface area contributed by atoms with Crippen LogP contribution in [0.3, 0.4) is 0 Å². The van der Waals surface area contributed by atoms with Crippen molar-refractivity contribution in [1.29, 1.82) is 5.26 Å². The fraction of sp³-hybridized carbons (Fsp3) is 0.500. The summed E-state index contributed by atoms with van der Waals surface area (Å²) in [6.07, 6.45) is 8.79. The third-order valence-electron chi connectivity index (χ3n) is 4.53. The van der Waals surface area contributed by atoms with Gasteiger partial charge in [0.25, 0.3) is 0 Å². The van der Waals surface area contributed by atoms with Gasteiger partial charge in [-0.1, -0.05) is 12.8 Å². The molecule has 0 N–H and O–H groups in total. The minimum atomic E-state index is 0.355. The Morgan fingerprint density at radius 1 is 1.36 bits per heavy atom. The summed E-state index contributed by atoms with van der Waals surface area (Å²) in [6, 6.07) is 8.71. The van der Waals surface area contributed by atoms with Gasteiger partial charge in [-0.3, -0.25) is 4.90 Å². The van der Waals surface area contributed by atoms with Crippen LogP contribution in [0.1, 0.15) is 55.7 Å². The van der Waals surface area contributed by atoms with Gasteiger partial charge in [0.15, 0.2) is 0 Å². The maximum atomic E-state index is 9.22. The molecule has 2 aromatic rings. The molecule has 4 nitrogen and oxygen atoms in total. The van der Waals surface area contributed by atoms with Crippen molar-refractivity contribution >= 4 is 0 Å². The van der Waals surface area contributed by atoms with Crippen LogP contribution in [0.2, 0.25) is 0 Å². The first-order chi connectivity index (χ1) is 10.8. The Bertz CT molecular complexity index is 636. The molecule has 2 aromatic heterocycles. The van der Waals surface area contributed by atoms with Gasteiger partial charge in [-0.15, -0.1) is 0 Å². The highest BCUT2D eigenvalue weighted by atomic mass is 16.3. The largest absolute Gasteiger partial charge is 0.468 e. The number of aromatic nitrogens is 1. The molecule has 1 aliphatic heterocycles. The molecule has 3 rings (SSSR count). The van der Waals surface area contributed by atoms with Crippen molar-refractivity contribution < 1.29 is 4.42 Å². The Hall–Kier alpha value is -1.99. The SMILES string of the molecule is CCn1cc(CN2CCCCC[C@H]2c2ccco2)cc1C#N. The van der Waals surface area contributed by atoms with Gasteiger partial charge in [0, 0.05) is 19.3 Å². The minimum Gasteiger partial charge on any atom is -0.468 e. The molecule has 4 heteroatoms. The van der Waals surface area contributed by atoms with Crippen molar-refractivity contribution in [3.05, 3.63) is 47.7 Å².